The lowest BCUT2D eigenvalue weighted by Gasteiger charge is -2.24. The highest BCUT2D eigenvalue weighted by molar-refractivity contribution is 5.07. The molecule has 2 fully saturated rings. The van der Waals surface area contributed by atoms with Gasteiger partial charge < -0.3 is 10.8 Å². The van der Waals surface area contributed by atoms with Crippen LogP contribution in [0.25, 0.3) is 0 Å². The average Bonchev–Trinajstić information content (AvgIpc) is 2.76. The van der Waals surface area contributed by atoms with Crippen LogP contribution < -0.4 is 5.73 Å². The molecule has 2 saturated carbocycles. The largest absolute Gasteiger partial charge is 0.391 e. The Labute approximate surface area is 67.8 Å². The van der Waals surface area contributed by atoms with Gasteiger partial charge in [0.15, 0.2) is 0 Å². The first kappa shape index (κ1) is 7.56. The molecule has 0 bridgehead atoms. The fourth-order valence-corrected chi connectivity index (χ4v) is 1.84. The Morgan fingerprint density at radius 3 is 2.36 bits per heavy atom. The second-order valence-corrected chi connectivity index (χ2v) is 4.37. The third kappa shape index (κ3) is 1.30. The predicted molar refractivity (Wildman–Crippen MR) is 44.0 cm³/mol. The van der Waals surface area contributed by atoms with E-state index >= 15 is 0 Å². The van der Waals surface area contributed by atoms with Gasteiger partial charge in [0.05, 0.1) is 6.10 Å². The van der Waals surface area contributed by atoms with Crippen molar-refractivity contribution < 1.29 is 5.11 Å². The zero-order valence-electron chi connectivity index (χ0n) is 7.09. The maximum absolute atomic E-state index is 9.80. The summed E-state index contributed by atoms with van der Waals surface area (Å²) in [5.41, 5.74) is 5.71. The maximum Gasteiger partial charge on any atom is 0.0747 e. The van der Waals surface area contributed by atoms with E-state index < -0.39 is 0 Å². The van der Waals surface area contributed by atoms with Crippen molar-refractivity contribution in [3.63, 3.8) is 0 Å². The molecular formula is C9H17NO. The second kappa shape index (κ2) is 2.20. The number of nitrogens with two attached hydrogens (primary N) is 1. The molecule has 2 nitrogen and oxygen atoms in total. The smallest absolute Gasteiger partial charge is 0.0747 e. The molecule has 2 atom stereocenters. The van der Waals surface area contributed by atoms with Crippen molar-refractivity contribution in [2.45, 2.75) is 44.2 Å². The molecule has 0 aromatic heterocycles. The van der Waals surface area contributed by atoms with E-state index in [1.165, 1.54) is 12.8 Å². The highest BCUT2D eigenvalue weighted by atomic mass is 16.3. The summed E-state index contributed by atoms with van der Waals surface area (Å²) in [5, 5.41) is 9.80. The molecule has 0 amide bonds. The van der Waals surface area contributed by atoms with E-state index in [2.05, 4.69) is 6.92 Å². The lowest BCUT2D eigenvalue weighted by Crippen LogP contribution is -2.42. The molecule has 0 aromatic rings. The number of aliphatic hydroxyl groups is 1. The summed E-state index contributed by atoms with van der Waals surface area (Å²) >= 11 is 0. The minimum Gasteiger partial charge on any atom is -0.391 e. The van der Waals surface area contributed by atoms with Gasteiger partial charge >= 0.3 is 0 Å². The first-order valence-electron chi connectivity index (χ1n) is 4.60. The lowest BCUT2D eigenvalue weighted by molar-refractivity contribution is 0.0705. The standard InChI is InChI=1S/C9H17NO/c1-6(7-2-3-7)8(11)9(10)4-5-9/h6-8,11H,2-5,10H2,1H3. The van der Waals surface area contributed by atoms with Crippen LogP contribution in [0.5, 0.6) is 0 Å². The lowest BCUT2D eigenvalue weighted by atomic mass is 9.92. The van der Waals surface area contributed by atoms with E-state index in [1.54, 1.807) is 0 Å². The molecule has 2 aliphatic carbocycles. The molecule has 2 rings (SSSR count). The van der Waals surface area contributed by atoms with Crippen LogP contribution in [0.1, 0.15) is 32.6 Å². The van der Waals surface area contributed by atoms with Gasteiger partial charge in [-0.1, -0.05) is 6.92 Å². The molecule has 0 saturated heterocycles. The molecule has 0 radical (unpaired) electrons. The zero-order valence-corrected chi connectivity index (χ0v) is 7.09. The highest BCUT2D eigenvalue weighted by Gasteiger charge is 2.49. The highest BCUT2D eigenvalue weighted by Crippen LogP contribution is 2.45. The van der Waals surface area contributed by atoms with E-state index in [1.807, 2.05) is 0 Å². The third-order valence-electron chi connectivity index (χ3n) is 3.28. The number of rotatable bonds is 3. The summed E-state index contributed by atoms with van der Waals surface area (Å²) in [4.78, 5) is 0. The Balaban J connectivity index is 1.92. The Kier molecular flexibility index (Phi) is 1.52. The van der Waals surface area contributed by atoms with Gasteiger partial charge in [0.1, 0.15) is 0 Å². The molecule has 0 spiro atoms. The van der Waals surface area contributed by atoms with Crippen LogP contribution in [0.4, 0.5) is 0 Å². The number of hydrogen-bond acceptors (Lipinski definition) is 2. The molecule has 2 aliphatic rings. The van der Waals surface area contributed by atoms with Crippen LogP contribution in [0.15, 0.2) is 0 Å². The molecule has 3 N–H and O–H groups in total. The number of aliphatic hydroxyl groups excluding tert-OH is 1. The first-order chi connectivity index (χ1) is 5.13. The van der Waals surface area contributed by atoms with E-state index in [0.29, 0.717) is 5.92 Å². The van der Waals surface area contributed by atoms with Gasteiger partial charge in [0.2, 0.25) is 0 Å². The molecule has 11 heavy (non-hydrogen) atoms. The summed E-state index contributed by atoms with van der Waals surface area (Å²) in [6.45, 7) is 2.13. The molecule has 2 unspecified atom stereocenters. The quantitative estimate of drug-likeness (QED) is 0.635. The van der Waals surface area contributed by atoms with Gasteiger partial charge in [0.25, 0.3) is 0 Å². The Morgan fingerprint density at radius 2 is 2.00 bits per heavy atom. The van der Waals surface area contributed by atoms with Crippen LogP contribution in [0.2, 0.25) is 0 Å². The average molecular weight is 155 g/mol. The minimum atomic E-state index is -0.241. The van der Waals surface area contributed by atoms with Gasteiger partial charge in [-0.15, -0.1) is 0 Å². The Bertz CT molecular complexity index is 161. The van der Waals surface area contributed by atoms with Gasteiger partial charge in [-0.3, -0.25) is 0 Å². The molecule has 2 heteroatoms. The summed E-state index contributed by atoms with van der Waals surface area (Å²) in [7, 11) is 0. The minimum absolute atomic E-state index is 0.192. The third-order valence-corrected chi connectivity index (χ3v) is 3.28. The van der Waals surface area contributed by atoms with E-state index in [9.17, 15) is 5.11 Å². The summed E-state index contributed by atoms with van der Waals surface area (Å²) < 4.78 is 0. The van der Waals surface area contributed by atoms with Gasteiger partial charge in [-0.2, -0.15) is 0 Å². The molecule has 0 aromatic carbocycles. The van der Waals surface area contributed by atoms with Crippen molar-refractivity contribution in [1.29, 1.82) is 0 Å². The van der Waals surface area contributed by atoms with E-state index in [4.69, 9.17) is 5.73 Å². The van der Waals surface area contributed by atoms with Crippen molar-refractivity contribution in [2.24, 2.45) is 17.6 Å². The fraction of sp³-hybridized carbons (Fsp3) is 1.00. The molecule has 0 heterocycles. The molecule has 0 aliphatic heterocycles. The van der Waals surface area contributed by atoms with Crippen molar-refractivity contribution in [3.8, 4) is 0 Å². The monoisotopic (exact) mass is 155 g/mol. The van der Waals surface area contributed by atoms with Gasteiger partial charge in [-0.25, -0.2) is 0 Å². The summed E-state index contributed by atoms with van der Waals surface area (Å²) in [5.74, 6) is 1.20. The van der Waals surface area contributed by atoms with Gasteiger partial charge in [-0.05, 0) is 37.5 Å². The van der Waals surface area contributed by atoms with Crippen molar-refractivity contribution in [3.05, 3.63) is 0 Å². The van der Waals surface area contributed by atoms with Crippen molar-refractivity contribution >= 4 is 0 Å². The predicted octanol–water partition coefficient (Wildman–Crippen LogP) is 0.885. The first-order valence-corrected chi connectivity index (χ1v) is 4.60. The topological polar surface area (TPSA) is 46.2 Å². The normalized spacial score (nSPS) is 33.0. The van der Waals surface area contributed by atoms with Crippen molar-refractivity contribution in [2.75, 3.05) is 0 Å². The van der Waals surface area contributed by atoms with E-state index in [0.717, 1.165) is 18.8 Å². The summed E-state index contributed by atoms with van der Waals surface area (Å²) in [6.07, 6.45) is 4.40. The van der Waals surface area contributed by atoms with Crippen LogP contribution >= 0.6 is 0 Å². The van der Waals surface area contributed by atoms with Crippen LogP contribution in [-0.4, -0.2) is 16.7 Å². The maximum atomic E-state index is 9.80. The Hall–Kier alpha value is -0.0800. The summed E-state index contributed by atoms with van der Waals surface area (Å²) in [6, 6.07) is 0. The van der Waals surface area contributed by atoms with E-state index in [-0.39, 0.29) is 11.6 Å². The van der Waals surface area contributed by atoms with Crippen LogP contribution in [0, 0.1) is 11.8 Å². The fourth-order valence-electron chi connectivity index (χ4n) is 1.84. The van der Waals surface area contributed by atoms with Crippen molar-refractivity contribution in [1.82, 2.24) is 0 Å². The van der Waals surface area contributed by atoms with Crippen LogP contribution in [0.3, 0.4) is 0 Å². The zero-order chi connectivity index (χ0) is 8.06. The SMILES string of the molecule is CC(C1CC1)C(O)C1(N)CC1. The van der Waals surface area contributed by atoms with Crippen LogP contribution in [-0.2, 0) is 0 Å². The van der Waals surface area contributed by atoms with Gasteiger partial charge in [0, 0.05) is 5.54 Å². The number of hydrogen-bond donors (Lipinski definition) is 2. The Morgan fingerprint density at radius 1 is 1.45 bits per heavy atom. The second-order valence-electron chi connectivity index (χ2n) is 4.37. The molecular weight excluding hydrogens is 138 g/mol. The molecule has 64 valence electrons.